The number of hydrogen-bond donors (Lipinski definition) is 3. The first-order chi connectivity index (χ1) is 11.2. The molecule has 3 N–H and O–H groups in total. The fraction of sp³-hybridized carbons (Fsp3) is 0.529. The van der Waals surface area contributed by atoms with Crippen molar-refractivity contribution in [1.82, 2.24) is 10.8 Å². The van der Waals surface area contributed by atoms with E-state index in [1.54, 1.807) is 5.48 Å². The second kappa shape index (κ2) is 20.1. The Morgan fingerprint density at radius 2 is 1.83 bits per heavy atom. The first kappa shape index (κ1) is 23.3. The lowest BCUT2D eigenvalue weighted by atomic mass is 10.2. The van der Waals surface area contributed by atoms with Crippen LogP contribution in [0.15, 0.2) is 30.3 Å². The largest absolute Gasteiger partial charge is 0.463 e. The quantitative estimate of drug-likeness (QED) is 0.281. The molecule has 0 bridgehead atoms. The first-order valence-corrected chi connectivity index (χ1v) is 7.91. The van der Waals surface area contributed by atoms with Crippen molar-refractivity contribution in [2.45, 2.75) is 46.1 Å². The molecule has 0 aliphatic carbocycles. The Bertz CT molecular complexity index is 372. The highest BCUT2D eigenvalue weighted by atomic mass is 16.5. The number of ether oxygens (including phenoxy) is 1. The van der Waals surface area contributed by atoms with Gasteiger partial charge in [0.2, 0.25) is 5.91 Å². The molecule has 6 nitrogen and oxygen atoms in total. The summed E-state index contributed by atoms with van der Waals surface area (Å²) in [6.45, 7) is 5.80. The van der Waals surface area contributed by atoms with Gasteiger partial charge in [-0.1, -0.05) is 50.6 Å². The van der Waals surface area contributed by atoms with Gasteiger partial charge in [-0.3, -0.25) is 14.8 Å². The predicted octanol–water partition coefficient (Wildman–Crippen LogP) is 2.66. The van der Waals surface area contributed by atoms with Crippen LogP contribution >= 0.6 is 0 Å². The van der Waals surface area contributed by atoms with Gasteiger partial charge in [-0.05, 0) is 32.0 Å². The predicted molar refractivity (Wildman–Crippen MR) is 91.0 cm³/mol. The molecule has 0 atom stereocenters. The smallest absolute Gasteiger partial charge is 0.293 e. The SMILES string of the molecule is CC.CNCCCCCC(=O)NO.O=COCc1ccccc1. The molecule has 1 rings (SSSR count). The summed E-state index contributed by atoms with van der Waals surface area (Å²) in [6, 6.07) is 9.55. The Morgan fingerprint density at radius 3 is 2.35 bits per heavy atom. The van der Waals surface area contributed by atoms with Gasteiger partial charge in [0, 0.05) is 6.42 Å². The lowest BCUT2D eigenvalue weighted by Crippen LogP contribution is -2.17. The van der Waals surface area contributed by atoms with Crippen LogP contribution in [0.3, 0.4) is 0 Å². The van der Waals surface area contributed by atoms with Gasteiger partial charge in [-0.25, -0.2) is 5.48 Å². The molecular weight excluding hydrogens is 296 g/mol. The fourth-order valence-corrected chi connectivity index (χ4v) is 1.52. The van der Waals surface area contributed by atoms with Crippen molar-refractivity contribution < 1.29 is 19.5 Å². The van der Waals surface area contributed by atoms with Gasteiger partial charge in [0.25, 0.3) is 6.47 Å². The summed E-state index contributed by atoms with van der Waals surface area (Å²) >= 11 is 0. The van der Waals surface area contributed by atoms with E-state index in [1.165, 1.54) is 0 Å². The van der Waals surface area contributed by atoms with Crippen molar-refractivity contribution in [3.05, 3.63) is 35.9 Å². The van der Waals surface area contributed by atoms with E-state index in [2.05, 4.69) is 10.1 Å². The zero-order valence-electron chi connectivity index (χ0n) is 14.4. The molecule has 23 heavy (non-hydrogen) atoms. The normalized spacial score (nSPS) is 8.70. The fourth-order valence-electron chi connectivity index (χ4n) is 1.52. The average molecular weight is 326 g/mol. The minimum atomic E-state index is -0.297. The van der Waals surface area contributed by atoms with E-state index in [9.17, 15) is 9.59 Å². The Kier molecular flexibility index (Phi) is 20.4. The van der Waals surface area contributed by atoms with E-state index in [0.717, 1.165) is 31.4 Å². The second-order valence-electron chi connectivity index (χ2n) is 4.34. The number of nitrogens with one attached hydrogen (secondary N) is 2. The summed E-state index contributed by atoms with van der Waals surface area (Å²) in [6.07, 6.45) is 3.36. The van der Waals surface area contributed by atoms with Gasteiger partial charge < -0.3 is 10.1 Å². The average Bonchev–Trinajstić information content (AvgIpc) is 2.62. The number of carbonyl (C=O) groups excluding carboxylic acids is 2. The molecule has 6 heteroatoms. The zero-order valence-corrected chi connectivity index (χ0v) is 14.4. The van der Waals surface area contributed by atoms with E-state index in [0.29, 0.717) is 19.5 Å². The maximum absolute atomic E-state index is 10.5. The van der Waals surface area contributed by atoms with Crippen LogP contribution in [0, 0.1) is 0 Å². The van der Waals surface area contributed by atoms with Crippen LogP contribution in [0.2, 0.25) is 0 Å². The summed E-state index contributed by atoms with van der Waals surface area (Å²) in [5.74, 6) is -0.297. The van der Waals surface area contributed by atoms with Crippen LogP contribution in [0.5, 0.6) is 0 Å². The number of amides is 1. The van der Waals surface area contributed by atoms with E-state index in [-0.39, 0.29) is 5.91 Å². The molecule has 132 valence electrons. The van der Waals surface area contributed by atoms with E-state index >= 15 is 0 Å². The Balaban J connectivity index is 0. The molecule has 0 aromatic heterocycles. The topological polar surface area (TPSA) is 87.7 Å². The maximum atomic E-state index is 10.5. The van der Waals surface area contributed by atoms with Gasteiger partial charge in [0.15, 0.2) is 0 Å². The highest BCUT2D eigenvalue weighted by Crippen LogP contribution is 1.98. The summed E-state index contributed by atoms with van der Waals surface area (Å²) in [5, 5.41) is 11.1. The molecule has 0 unspecified atom stereocenters. The summed E-state index contributed by atoms with van der Waals surface area (Å²) in [4.78, 5) is 20.2. The second-order valence-corrected chi connectivity index (χ2v) is 4.34. The first-order valence-electron chi connectivity index (χ1n) is 7.91. The van der Waals surface area contributed by atoms with Crippen molar-refractivity contribution in [2.24, 2.45) is 0 Å². The lowest BCUT2D eigenvalue weighted by Gasteiger charge is -1.98. The van der Waals surface area contributed by atoms with Gasteiger partial charge in [0.05, 0.1) is 0 Å². The molecule has 0 fully saturated rings. The molecular formula is C17H30N2O4. The molecule has 0 radical (unpaired) electrons. The lowest BCUT2D eigenvalue weighted by molar-refractivity contribution is -0.130. The molecule has 0 spiro atoms. The Labute approximate surface area is 139 Å². The highest BCUT2D eigenvalue weighted by molar-refractivity contribution is 5.74. The molecule has 0 saturated heterocycles. The molecule has 0 heterocycles. The van der Waals surface area contributed by atoms with Gasteiger partial charge in [-0.15, -0.1) is 0 Å². The van der Waals surface area contributed by atoms with E-state index in [4.69, 9.17) is 5.21 Å². The third-order valence-electron chi connectivity index (χ3n) is 2.62. The Hall–Kier alpha value is -1.92. The van der Waals surface area contributed by atoms with Gasteiger partial charge in [-0.2, -0.15) is 0 Å². The zero-order chi connectivity index (χ0) is 17.8. The summed E-state index contributed by atoms with van der Waals surface area (Å²) in [7, 11) is 1.90. The van der Waals surface area contributed by atoms with Gasteiger partial charge >= 0.3 is 0 Å². The molecule has 0 saturated carbocycles. The van der Waals surface area contributed by atoms with E-state index in [1.807, 2.05) is 51.2 Å². The van der Waals surface area contributed by atoms with E-state index < -0.39 is 0 Å². The van der Waals surface area contributed by atoms with Crippen LogP contribution in [0.4, 0.5) is 0 Å². The minimum Gasteiger partial charge on any atom is -0.463 e. The third-order valence-corrected chi connectivity index (χ3v) is 2.62. The number of hydrogen-bond acceptors (Lipinski definition) is 5. The maximum Gasteiger partial charge on any atom is 0.293 e. The van der Waals surface area contributed by atoms with Crippen molar-refractivity contribution in [3.63, 3.8) is 0 Å². The third kappa shape index (κ3) is 18.0. The summed E-state index contributed by atoms with van der Waals surface area (Å²) < 4.78 is 4.54. The highest BCUT2D eigenvalue weighted by Gasteiger charge is 1.96. The molecule has 0 aliphatic rings. The molecule has 0 aliphatic heterocycles. The molecule has 1 aromatic rings. The number of carbonyl (C=O) groups is 2. The van der Waals surface area contributed by atoms with Crippen LogP contribution in [-0.4, -0.2) is 31.2 Å². The van der Waals surface area contributed by atoms with Crippen LogP contribution in [0.25, 0.3) is 0 Å². The van der Waals surface area contributed by atoms with Crippen LogP contribution in [-0.2, 0) is 20.9 Å². The van der Waals surface area contributed by atoms with Crippen molar-refractivity contribution >= 4 is 12.4 Å². The van der Waals surface area contributed by atoms with Crippen LogP contribution in [0.1, 0.15) is 45.1 Å². The van der Waals surface area contributed by atoms with Crippen molar-refractivity contribution in [1.29, 1.82) is 0 Å². The van der Waals surface area contributed by atoms with Crippen molar-refractivity contribution in [3.8, 4) is 0 Å². The monoisotopic (exact) mass is 326 g/mol. The summed E-state index contributed by atoms with van der Waals surface area (Å²) in [5.41, 5.74) is 2.61. The molecule has 1 aromatic carbocycles. The van der Waals surface area contributed by atoms with Crippen molar-refractivity contribution in [2.75, 3.05) is 13.6 Å². The number of rotatable bonds is 9. The number of benzene rings is 1. The van der Waals surface area contributed by atoms with Crippen LogP contribution < -0.4 is 10.8 Å². The number of hydroxylamine groups is 1. The van der Waals surface area contributed by atoms with Gasteiger partial charge in [0.1, 0.15) is 6.61 Å². The number of unbranched alkanes of at least 4 members (excludes halogenated alkanes) is 2. The minimum absolute atomic E-state index is 0.297. The Morgan fingerprint density at radius 1 is 1.17 bits per heavy atom. The standard InChI is InChI=1S/C8H8O2.C7H16N2O2.C2H6/c9-7-10-6-8-4-2-1-3-5-8;1-8-6-4-2-3-5-7(10)9-11;1-2/h1-5,7H,6H2;8,11H,2-6H2,1H3,(H,9,10);1-2H3. The molecule has 1 amide bonds.